The summed E-state index contributed by atoms with van der Waals surface area (Å²) in [4.78, 5) is 0. The van der Waals surface area contributed by atoms with Crippen LogP contribution in [0.3, 0.4) is 0 Å². The minimum atomic E-state index is 0.964. The first-order valence-electron chi connectivity index (χ1n) is 6.96. The second-order valence-corrected chi connectivity index (χ2v) is 6.09. The predicted octanol–water partition coefficient (Wildman–Crippen LogP) is 3.45. The van der Waals surface area contributed by atoms with E-state index in [1.165, 1.54) is 51.6 Å². The van der Waals surface area contributed by atoms with Gasteiger partial charge in [-0.25, -0.2) is 0 Å². The molecule has 1 heteroatoms. The summed E-state index contributed by atoms with van der Waals surface area (Å²) >= 11 is 0. The summed E-state index contributed by atoms with van der Waals surface area (Å²) in [6.45, 7) is 7.41. The molecule has 0 aromatic carbocycles. The van der Waals surface area contributed by atoms with Gasteiger partial charge in [0.1, 0.15) is 0 Å². The SMILES string of the molecule is CC1CCC(CC2CNCCC2C)CC1. The molecule has 1 saturated carbocycles. The minimum Gasteiger partial charge on any atom is -0.316 e. The quantitative estimate of drug-likeness (QED) is 0.734. The van der Waals surface area contributed by atoms with Crippen molar-refractivity contribution in [3.8, 4) is 0 Å². The van der Waals surface area contributed by atoms with Crippen molar-refractivity contribution in [2.24, 2.45) is 23.7 Å². The lowest BCUT2D eigenvalue weighted by molar-refractivity contribution is 0.186. The Morgan fingerprint density at radius 2 is 1.73 bits per heavy atom. The Bertz CT molecular complexity index is 182. The molecule has 0 radical (unpaired) electrons. The molecule has 2 rings (SSSR count). The lowest BCUT2D eigenvalue weighted by Gasteiger charge is -2.34. The summed E-state index contributed by atoms with van der Waals surface area (Å²) in [6, 6.07) is 0. The third-order valence-electron chi connectivity index (χ3n) is 4.76. The van der Waals surface area contributed by atoms with Crippen LogP contribution in [0.1, 0.15) is 52.4 Å². The predicted molar refractivity (Wildman–Crippen MR) is 65.9 cm³/mol. The number of nitrogens with one attached hydrogen (secondary N) is 1. The highest BCUT2D eigenvalue weighted by Gasteiger charge is 2.26. The third-order valence-corrected chi connectivity index (χ3v) is 4.76. The number of hydrogen-bond donors (Lipinski definition) is 1. The first-order valence-corrected chi connectivity index (χ1v) is 6.96. The highest BCUT2D eigenvalue weighted by atomic mass is 14.9. The fraction of sp³-hybridized carbons (Fsp3) is 1.00. The maximum absolute atomic E-state index is 3.56. The molecule has 1 heterocycles. The van der Waals surface area contributed by atoms with Crippen molar-refractivity contribution in [3.63, 3.8) is 0 Å². The molecular weight excluding hydrogens is 182 g/mol. The summed E-state index contributed by atoms with van der Waals surface area (Å²) in [6.07, 6.45) is 8.88. The van der Waals surface area contributed by atoms with Gasteiger partial charge < -0.3 is 5.32 Å². The average Bonchev–Trinajstić information content (AvgIpc) is 2.25. The largest absolute Gasteiger partial charge is 0.316 e. The van der Waals surface area contributed by atoms with E-state index in [1.807, 2.05) is 0 Å². The minimum absolute atomic E-state index is 0.964. The second-order valence-electron chi connectivity index (χ2n) is 6.09. The van der Waals surface area contributed by atoms with Crippen molar-refractivity contribution in [1.82, 2.24) is 5.32 Å². The molecule has 1 N–H and O–H groups in total. The summed E-state index contributed by atoms with van der Waals surface area (Å²) in [5.41, 5.74) is 0. The fourth-order valence-corrected chi connectivity index (χ4v) is 3.36. The van der Waals surface area contributed by atoms with Crippen molar-refractivity contribution in [1.29, 1.82) is 0 Å². The molecule has 1 nitrogen and oxygen atoms in total. The summed E-state index contributed by atoms with van der Waals surface area (Å²) in [7, 11) is 0. The number of hydrogen-bond acceptors (Lipinski definition) is 1. The van der Waals surface area contributed by atoms with E-state index in [2.05, 4.69) is 19.2 Å². The lowest BCUT2D eigenvalue weighted by Crippen LogP contribution is -2.36. The molecule has 2 unspecified atom stereocenters. The molecular formula is C14H27N. The van der Waals surface area contributed by atoms with Gasteiger partial charge in [-0.3, -0.25) is 0 Å². The third kappa shape index (κ3) is 3.21. The van der Waals surface area contributed by atoms with Gasteiger partial charge in [0.15, 0.2) is 0 Å². The smallest absolute Gasteiger partial charge is 0.00179 e. The van der Waals surface area contributed by atoms with Crippen molar-refractivity contribution in [2.75, 3.05) is 13.1 Å². The highest BCUT2D eigenvalue weighted by Crippen LogP contribution is 2.35. The van der Waals surface area contributed by atoms with E-state index in [-0.39, 0.29) is 0 Å². The first-order chi connectivity index (χ1) is 7.25. The molecule has 1 aliphatic carbocycles. The maximum Gasteiger partial charge on any atom is -0.00179 e. The zero-order valence-corrected chi connectivity index (χ0v) is 10.5. The van der Waals surface area contributed by atoms with Crippen LogP contribution in [0.25, 0.3) is 0 Å². The van der Waals surface area contributed by atoms with E-state index in [0.29, 0.717) is 0 Å². The fourth-order valence-electron chi connectivity index (χ4n) is 3.36. The van der Waals surface area contributed by atoms with Crippen LogP contribution in [0.2, 0.25) is 0 Å². The standard InChI is InChI=1S/C14H27N/c1-11-3-5-13(6-4-11)9-14-10-15-8-7-12(14)2/h11-15H,3-10H2,1-2H3. The van der Waals surface area contributed by atoms with Crippen molar-refractivity contribution in [3.05, 3.63) is 0 Å². The van der Waals surface area contributed by atoms with Gasteiger partial charge in [0, 0.05) is 0 Å². The Kier molecular flexibility index (Phi) is 4.07. The van der Waals surface area contributed by atoms with Crippen LogP contribution in [0.5, 0.6) is 0 Å². The number of piperidine rings is 1. The molecule has 2 aliphatic rings. The van der Waals surface area contributed by atoms with Gasteiger partial charge in [-0.1, -0.05) is 39.5 Å². The molecule has 0 bridgehead atoms. The molecule has 1 aliphatic heterocycles. The van der Waals surface area contributed by atoms with Crippen LogP contribution in [-0.2, 0) is 0 Å². The van der Waals surface area contributed by atoms with Crippen LogP contribution in [-0.4, -0.2) is 13.1 Å². The molecule has 0 amide bonds. The molecule has 0 spiro atoms. The number of rotatable bonds is 2. The van der Waals surface area contributed by atoms with Gasteiger partial charge in [-0.2, -0.15) is 0 Å². The Morgan fingerprint density at radius 3 is 2.40 bits per heavy atom. The lowest BCUT2D eigenvalue weighted by atomic mass is 9.75. The van der Waals surface area contributed by atoms with E-state index in [9.17, 15) is 0 Å². The van der Waals surface area contributed by atoms with Gasteiger partial charge in [0.2, 0.25) is 0 Å². The van der Waals surface area contributed by atoms with E-state index in [4.69, 9.17) is 0 Å². The Hall–Kier alpha value is -0.0400. The van der Waals surface area contributed by atoms with Crippen LogP contribution in [0, 0.1) is 23.7 Å². The van der Waals surface area contributed by atoms with Gasteiger partial charge in [0.05, 0.1) is 0 Å². The molecule has 15 heavy (non-hydrogen) atoms. The molecule has 2 fully saturated rings. The van der Waals surface area contributed by atoms with Crippen molar-refractivity contribution < 1.29 is 0 Å². The normalized spacial score (nSPS) is 42.8. The van der Waals surface area contributed by atoms with Crippen molar-refractivity contribution >= 4 is 0 Å². The molecule has 1 saturated heterocycles. The summed E-state index contributed by atoms with van der Waals surface area (Å²) < 4.78 is 0. The summed E-state index contributed by atoms with van der Waals surface area (Å²) in [5.74, 6) is 3.99. The maximum atomic E-state index is 3.56. The van der Waals surface area contributed by atoms with Gasteiger partial charge in [-0.15, -0.1) is 0 Å². The molecule has 0 aromatic heterocycles. The van der Waals surface area contributed by atoms with Gasteiger partial charge in [0.25, 0.3) is 0 Å². The van der Waals surface area contributed by atoms with Crippen LogP contribution >= 0.6 is 0 Å². The first kappa shape index (κ1) is 11.4. The van der Waals surface area contributed by atoms with Gasteiger partial charge in [-0.05, 0) is 49.6 Å². The van der Waals surface area contributed by atoms with E-state index in [0.717, 1.165) is 23.7 Å². The van der Waals surface area contributed by atoms with Crippen molar-refractivity contribution in [2.45, 2.75) is 52.4 Å². The Morgan fingerprint density at radius 1 is 1.00 bits per heavy atom. The zero-order chi connectivity index (χ0) is 10.7. The topological polar surface area (TPSA) is 12.0 Å². The van der Waals surface area contributed by atoms with E-state index < -0.39 is 0 Å². The average molecular weight is 209 g/mol. The molecule has 0 aromatic rings. The highest BCUT2D eigenvalue weighted by molar-refractivity contribution is 4.79. The summed E-state index contributed by atoms with van der Waals surface area (Å²) in [5, 5.41) is 3.56. The van der Waals surface area contributed by atoms with Gasteiger partial charge >= 0.3 is 0 Å². The van der Waals surface area contributed by atoms with Crippen LogP contribution in [0.4, 0.5) is 0 Å². The Balaban J connectivity index is 1.75. The zero-order valence-electron chi connectivity index (χ0n) is 10.5. The molecule has 88 valence electrons. The van der Waals surface area contributed by atoms with Crippen LogP contribution in [0.15, 0.2) is 0 Å². The van der Waals surface area contributed by atoms with E-state index >= 15 is 0 Å². The van der Waals surface area contributed by atoms with E-state index in [1.54, 1.807) is 0 Å². The Labute approximate surface area is 95.0 Å². The second kappa shape index (κ2) is 5.34. The molecule has 2 atom stereocenters. The van der Waals surface area contributed by atoms with Crippen LogP contribution < -0.4 is 5.32 Å². The monoisotopic (exact) mass is 209 g/mol.